The van der Waals surface area contributed by atoms with E-state index in [1.807, 2.05) is 24.3 Å². The highest BCUT2D eigenvalue weighted by Gasteiger charge is 2.17. The lowest BCUT2D eigenvalue weighted by molar-refractivity contribution is 0.102. The van der Waals surface area contributed by atoms with Crippen LogP contribution in [-0.2, 0) is 0 Å². The van der Waals surface area contributed by atoms with Crippen LogP contribution in [0.3, 0.4) is 0 Å². The van der Waals surface area contributed by atoms with Crippen LogP contribution in [0.1, 0.15) is 28.3 Å². The average Bonchev–Trinajstić information content (AvgIpc) is 3.02. The second-order valence-electron chi connectivity index (χ2n) is 5.39. The number of benzene rings is 2. The predicted molar refractivity (Wildman–Crippen MR) is 86.0 cm³/mol. The molecule has 1 atom stereocenters. The van der Waals surface area contributed by atoms with Crippen LogP contribution in [0.4, 0.5) is 10.1 Å². The molecule has 1 unspecified atom stereocenters. The van der Waals surface area contributed by atoms with Crippen LogP contribution in [-0.4, -0.2) is 19.0 Å². The molecule has 114 valence electrons. The Morgan fingerprint density at radius 3 is 2.64 bits per heavy atom. The highest BCUT2D eigenvalue weighted by Crippen LogP contribution is 2.24. The van der Waals surface area contributed by atoms with Gasteiger partial charge in [0.25, 0.3) is 5.91 Å². The Hall–Kier alpha value is -1.91. The lowest BCUT2D eigenvalue weighted by atomic mass is 9.98. The second-order valence-corrected chi connectivity index (χ2v) is 5.83. The van der Waals surface area contributed by atoms with Crippen molar-refractivity contribution in [3.63, 3.8) is 0 Å². The van der Waals surface area contributed by atoms with Gasteiger partial charge >= 0.3 is 0 Å². The van der Waals surface area contributed by atoms with Crippen molar-refractivity contribution in [2.45, 2.75) is 12.3 Å². The van der Waals surface area contributed by atoms with Gasteiger partial charge in [0.15, 0.2) is 0 Å². The minimum absolute atomic E-state index is 0.0199. The molecule has 2 N–H and O–H groups in total. The third-order valence-electron chi connectivity index (χ3n) is 3.88. The molecule has 1 aliphatic heterocycles. The highest BCUT2D eigenvalue weighted by atomic mass is 35.5. The van der Waals surface area contributed by atoms with Gasteiger partial charge in [0.1, 0.15) is 5.82 Å². The Bertz CT molecular complexity index is 682. The maximum absolute atomic E-state index is 13.7. The minimum Gasteiger partial charge on any atom is -0.322 e. The number of amides is 1. The van der Waals surface area contributed by atoms with Crippen molar-refractivity contribution < 1.29 is 9.18 Å². The number of carbonyl (C=O) groups excluding carboxylic acids is 1. The summed E-state index contributed by atoms with van der Waals surface area (Å²) in [5, 5.41) is 6.29. The fourth-order valence-electron chi connectivity index (χ4n) is 2.65. The molecule has 5 heteroatoms. The standard InChI is InChI=1S/C17H16ClFN2O/c18-13-3-6-15(16(19)9-13)17(22)21-14-4-1-11(2-5-14)12-7-8-20-10-12/h1-6,9,12,20H,7-8,10H2,(H,21,22). The summed E-state index contributed by atoms with van der Waals surface area (Å²) in [6.45, 7) is 2.03. The van der Waals surface area contributed by atoms with E-state index in [0.717, 1.165) is 25.6 Å². The molecule has 0 saturated carbocycles. The normalized spacial score (nSPS) is 17.5. The van der Waals surface area contributed by atoms with Gasteiger partial charge in [-0.1, -0.05) is 23.7 Å². The molecule has 3 nitrogen and oxygen atoms in total. The van der Waals surface area contributed by atoms with E-state index in [2.05, 4.69) is 10.6 Å². The molecule has 0 aromatic heterocycles. The van der Waals surface area contributed by atoms with Crippen LogP contribution in [0.2, 0.25) is 5.02 Å². The lowest BCUT2D eigenvalue weighted by Crippen LogP contribution is -2.14. The number of halogens is 2. The third-order valence-corrected chi connectivity index (χ3v) is 4.11. The number of anilines is 1. The molecule has 22 heavy (non-hydrogen) atoms. The van der Waals surface area contributed by atoms with E-state index in [1.165, 1.54) is 17.7 Å². The van der Waals surface area contributed by atoms with Crippen LogP contribution in [0.15, 0.2) is 42.5 Å². The largest absolute Gasteiger partial charge is 0.322 e. The van der Waals surface area contributed by atoms with Gasteiger partial charge in [-0.15, -0.1) is 0 Å². The molecule has 0 aliphatic carbocycles. The topological polar surface area (TPSA) is 41.1 Å². The van der Waals surface area contributed by atoms with E-state index in [0.29, 0.717) is 11.6 Å². The van der Waals surface area contributed by atoms with Crippen molar-refractivity contribution in [2.24, 2.45) is 0 Å². The summed E-state index contributed by atoms with van der Waals surface area (Å²) in [5.74, 6) is -0.582. The summed E-state index contributed by atoms with van der Waals surface area (Å²) in [4.78, 5) is 12.1. The highest BCUT2D eigenvalue weighted by molar-refractivity contribution is 6.30. The zero-order valence-electron chi connectivity index (χ0n) is 11.9. The Morgan fingerprint density at radius 2 is 2.00 bits per heavy atom. The Kier molecular flexibility index (Phi) is 4.41. The SMILES string of the molecule is O=C(Nc1ccc(C2CCNC2)cc1)c1ccc(Cl)cc1F. The molecule has 0 radical (unpaired) electrons. The summed E-state index contributed by atoms with van der Waals surface area (Å²) in [6.07, 6.45) is 1.13. The Labute approximate surface area is 133 Å². The van der Waals surface area contributed by atoms with E-state index in [1.54, 1.807) is 0 Å². The van der Waals surface area contributed by atoms with Gasteiger partial charge in [-0.3, -0.25) is 4.79 Å². The fraction of sp³-hybridized carbons (Fsp3) is 0.235. The van der Waals surface area contributed by atoms with Gasteiger partial charge < -0.3 is 10.6 Å². The monoisotopic (exact) mass is 318 g/mol. The van der Waals surface area contributed by atoms with E-state index in [-0.39, 0.29) is 10.6 Å². The maximum Gasteiger partial charge on any atom is 0.258 e. The van der Waals surface area contributed by atoms with Crippen LogP contribution in [0.5, 0.6) is 0 Å². The quantitative estimate of drug-likeness (QED) is 0.903. The van der Waals surface area contributed by atoms with E-state index in [9.17, 15) is 9.18 Å². The van der Waals surface area contributed by atoms with Gasteiger partial charge in [0.05, 0.1) is 5.56 Å². The van der Waals surface area contributed by atoms with Crippen molar-refractivity contribution >= 4 is 23.2 Å². The first-order chi connectivity index (χ1) is 10.6. The van der Waals surface area contributed by atoms with Crippen molar-refractivity contribution in [1.82, 2.24) is 5.32 Å². The maximum atomic E-state index is 13.7. The summed E-state index contributed by atoms with van der Waals surface area (Å²) in [7, 11) is 0. The van der Waals surface area contributed by atoms with Gasteiger partial charge in [-0.25, -0.2) is 4.39 Å². The first-order valence-electron chi connectivity index (χ1n) is 7.20. The van der Waals surface area contributed by atoms with Crippen LogP contribution >= 0.6 is 11.6 Å². The molecular formula is C17H16ClFN2O. The summed E-state index contributed by atoms with van der Waals surface area (Å²) < 4.78 is 13.7. The first-order valence-corrected chi connectivity index (χ1v) is 7.58. The van der Waals surface area contributed by atoms with Gasteiger partial charge in [-0.05, 0) is 54.8 Å². The number of carbonyl (C=O) groups is 1. The van der Waals surface area contributed by atoms with Gasteiger partial charge in [0, 0.05) is 17.3 Å². The van der Waals surface area contributed by atoms with Gasteiger partial charge in [0.2, 0.25) is 0 Å². The van der Waals surface area contributed by atoms with Crippen LogP contribution < -0.4 is 10.6 Å². The van der Waals surface area contributed by atoms with E-state index < -0.39 is 11.7 Å². The molecular weight excluding hydrogens is 303 g/mol. The average molecular weight is 319 g/mol. The molecule has 1 fully saturated rings. The van der Waals surface area contributed by atoms with Crippen molar-refractivity contribution in [3.8, 4) is 0 Å². The predicted octanol–water partition coefficient (Wildman–Crippen LogP) is 3.81. The van der Waals surface area contributed by atoms with Crippen molar-refractivity contribution in [1.29, 1.82) is 0 Å². The minimum atomic E-state index is -0.626. The zero-order chi connectivity index (χ0) is 15.5. The smallest absolute Gasteiger partial charge is 0.258 e. The van der Waals surface area contributed by atoms with Crippen LogP contribution in [0, 0.1) is 5.82 Å². The lowest BCUT2D eigenvalue weighted by Gasteiger charge is -2.11. The summed E-state index contributed by atoms with van der Waals surface area (Å²) >= 11 is 5.68. The molecule has 1 saturated heterocycles. The van der Waals surface area contributed by atoms with Crippen molar-refractivity contribution in [2.75, 3.05) is 18.4 Å². The van der Waals surface area contributed by atoms with E-state index in [4.69, 9.17) is 11.6 Å². The number of nitrogens with one attached hydrogen (secondary N) is 2. The van der Waals surface area contributed by atoms with Crippen molar-refractivity contribution in [3.05, 3.63) is 64.4 Å². The molecule has 0 bridgehead atoms. The second kappa shape index (κ2) is 6.46. The first kappa shape index (κ1) is 15.0. The van der Waals surface area contributed by atoms with Crippen LogP contribution in [0.25, 0.3) is 0 Å². The molecule has 2 aromatic carbocycles. The zero-order valence-corrected chi connectivity index (χ0v) is 12.7. The van der Waals surface area contributed by atoms with E-state index >= 15 is 0 Å². The summed E-state index contributed by atoms with van der Waals surface area (Å²) in [6, 6.07) is 11.7. The molecule has 1 heterocycles. The number of hydrogen-bond donors (Lipinski definition) is 2. The molecule has 3 rings (SSSR count). The molecule has 2 aromatic rings. The Balaban J connectivity index is 1.71. The number of hydrogen-bond acceptors (Lipinski definition) is 2. The number of rotatable bonds is 3. The Morgan fingerprint density at radius 1 is 1.23 bits per heavy atom. The summed E-state index contributed by atoms with van der Waals surface area (Å²) in [5.41, 5.74) is 1.88. The molecule has 0 spiro atoms. The molecule has 1 aliphatic rings. The van der Waals surface area contributed by atoms with Gasteiger partial charge in [-0.2, -0.15) is 0 Å². The fourth-order valence-corrected chi connectivity index (χ4v) is 2.81. The third kappa shape index (κ3) is 3.29. The molecule has 1 amide bonds.